The highest BCUT2D eigenvalue weighted by Crippen LogP contribution is 2.23. The Labute approximate surface area is 134 Å². The van der Waals surface area contributed by atoms with Crippen molar-refractivity contribution in [1.29, 1.82) is 0 Å². The highest BCUT2D eigenvalue weighted by molar-refractivity contribution is 5.94. The number of carbonyl (C=O) groups excluding carboxylic acids is 1. The molecule has 1 aromatic heterocycles. The predicted molar refractivity (Wildman–Crippen MR) is 83.2 cm³/mol. The van der Waals surface area contributed by atoms with Crippen molar-refractivity contribution in [3.63, 3.8) is 0 Å². The van der Waals surface area contributed by atoms with Gasteiger partial charge in [-0.25, -0.2) is 9.07 Å². The van der Waals surface area contributed by atoms with Crippen molar-refractivity contribution in [2.45, 2.75) is 32.4 Å². The third-order valence-electron chi connectivity index (χ3n) is 4.31. The molecule has 0 radical (unpaired) electrons. The van der Waals surface area contributed by atoms with Crippen LogP contribution in [0.15, 0.2) is 24.4 Å². The Morgan fingerprint density at radius 1 is 1.39 bits per heavy atom. The topological polar surface area (TPSA) is 77.0 Å². The van der Waals surface area contributed by atoms with Crippen molar-refractivity contribution in [2.75, 3.05) is 13.1 Å². The Balaban J connectivity index is 1.63. The van der Waals surface area contributed by atoms with E-state index in [1.54, 1.807) is 24.0 Å². The first-order chi connectivity index (χ1) is 11.1. The lowest BCUT2D eigenvalue weighted by atomic mass is 10.0. The summed E-state index contributed by atoms with van der Waals surface area (Å²) in [4.78, 5) is 14.2. The maximum Gasteiger partial charge on any atom is 0.253 e. The molecule has 0 unspecified atom stereocenters. The molecule has 23 heavy (non-hydrogen) atoms. The lowest BCUT2D eigenvalue weighted by Gasteiger charge is -2.32. The van der Waals surface area contributed by atoms with Gasteiger partial charge < -0.3 is 10.6 Å². The maximum atomic E-state index is 13.6. The summed E-state index contributed by atoms with van der Waals surface area (Å²) in [5, 5.41) is 8.09. The minimum Gasteiger partial charge on any atom is -0.338 e. The zero-order valence-corrected chi connectivity index (χ0v) is 13.1. The van der Waals surface area contributed by atoms with E-state index in [0.717, 1.165) is 18.5 Å². The predicted octanol–water partition coefficient (Wildman–Crippen LogP) is 1.66. The Hall–Kier alpha value is -2.28. The molecule has 7 heteroatoms. The number of halogens is 1. The second-order valence-electron chi connectivity index (χ2n) is 5.88. The Bertz CT molecular complexity index is 706. The normalized spacial score (nSPS) is 15.9. The minimum absolute atomic E-state index is 0.122. The highest BCUT2D eigenvalue weighted by Gasteiger charge is 2.25. The van der Waals surface area contributed by atoms with Crippen molar-refractivity contribution < 1.29 is 9.18 Å². The van der Waals surface area contributed by atoms with Gasteiger partial charge in [-0.3, -0.25) is 4.79 Å². The summed E-state index contributed by atoms with van der Waals surface area (Å²) >= 11 is 0. The molecule has 0 saturated carbocycles. The SMILES string of the molecule is Cc1ccc(C(=O)N2CCC(n3cc(CN)nn3)CC2)cc1F. The minimum atomic E-state index is -0.345. The number of hydrogen-bond donors (Lipinski definition) is 1. The number of aromatic nitrogens is 3. The van der Waals surface area contributed by atoms with Crippen molar-refractivity contribution >= 4 is 5.91 Å². The van der Waals surface area contributed by atoms with E-state index in [1.165, 1.54) is 6.07 Å². The van der Waals surface area contributed by atoms with Crippen LogP contribution >= 0.6 is 0 Å². The van der Waals surface area contributed by atoms with E-state index >= 15 is 0 Å². The van der Waals surface area contributed by atoms with E-state index in [9.17, 15) is 9.18 Å². The van der Waals surface area contributed by atoms with Crippen molar-refractivity contribution in [3.05, 3.63) is 47.0 Å². The number of benzene rings is 1. The number of aryl methyl sites for hydroxylation is 1. The molecule has 0 atom stereocenters. The summed E-state index contributed by atoms with van der Waals surface area (Å²) in [5.41, 5.74) is 7.25. The van der Waals surface area contributed by atoms with E-state index in [0.29, 0.717) is 30.8 Å². The first-order valence-electron chi connectivity index (χ1n) is 7.74. The van der Waals surface area contributed by atoms with E-state index < -0.39 is 0 Å². The van der Waals surface area contributed by atoms with E-state index in [1.807, 2.05) is 10.9 Å². The molecular weight excluding hydrogens is 297 g/mol. The van der Waals surface area contributed by atoms with Gasteiger partial charge in [0.2, 0.25) is 0 Å². The molecule has 1 aliphatic heterocycles. The quantitative estimate of drug-likeness (QED) is 0.934. The summed E-state index contributed by atoms with van der Waals surface area (Å²) in [6.07, 6.45) is 3.46. The van der Waals surface area contributed by atoms with Crippen LogP contribution in [-0.4, -0.2) is 38.9 Å². The van der Waals surface area contributed by atoms with Crippen molar-refractivity contribution in [3.8, 4) is 0 Å². The monoisotopic (exact) mass is 317 g/mol. The van der Waals surface area contributed by atoms with Gasteiger partial charge in [-0.1, -0.05) is 11.3 Å². The van der Waals surface area contributed by atoms with Crippen molar-refractivity contribution in [2.24, 2.45) is 5.73 Å². The van der Waals surface area contributed by atoms with Crippen LogP contribution in [0.2, 0.25) is 0 Å². The van der Waals surface area contributed by atoms with Crippen LogP contribution in [0.5, 0.6) is 0 Å². The highest BCUT2D eigenvalue weighted by atomic mass is 19.1. The molecule has 6 nitrogen and oxygen atoms in total. The van der Waals surface area contributed by atoms with Gasteiger partial charge in [0.25, 0.3) is 5.91 Å². The molecule has 2 aromatic rings. The smallest absolute Gasteiger partial charge is 0.253 e. The second-order valence-corrected chi connectivity index (χ2v) is 5.88. The van der Waals surface area contributed by atoms with E-state index in [-0.39, 0.29) is 17.8 Å². The lowest BCUT2D eigenvalue weighted by Crippen LogP contribution is -2.39. The molecule has 0 aliphatic carbocycles. The number of carbonyl (C=O) groups is 1. The van der Waals surface area contributed by atoms with Gasteiger partial charge in [0, 0.05) is 25.2 Å². The van der Waals surface area contributed by atoms with Crippen LogP contribution in [-0.2, 0) is 6.54 Å². The van der Waals surface area contributed by atoms with Crippen LogP contribution in [0.4, 0.5) is 4.39 Å². The number of piperidine rings is 1. The Kier molecular flexibility index (Phi) is 4.38. The van der Waals surface area contributed by atoms with Gasteiger partial charge in [0.1, 0.15) is 5.82 Å². The molecule has 2 heterocycles. The Morgan fingerprint density at radius 3 is 2.74 bits per heavy atom. The average Bonchev–Trinajstić information content (AvgIpc) is 3.06. The first kappa shape index (κ1) is 15.6. The van der Waals surface area contributed by atoms with Gasteiger partial charge in [-0.05, 0) is 37.5 Å². The van der Waals surface area contributed by atoms with E-state index in [4.69, 9.17) is 5.73 Å². The number of nitrogens with zero attached hydrogens (tertiary/aromatic N) is 4. The molecule has 2 N–H and O–H groups in total. The molecule has 122 valence electrons. The molecule has 3 rings (SSSR count). The fourth-order valence-corrected chi connectivity index (χ4v) is 2.83. The van der Waals surface area contributed by atoms with Crippen LogP contribution < -0.4 is 5.73 Å². The first-order valence-corrected chi connectivity index (χ1v) is 7.74. The van der Waals surface area contributed by atoms with Gasteiger partial charge in [0.15, 0.2) is 0 Å². The summed E-state index contributed by atoms with van der Waals surface area (Å²) in [7, 11) is 0. The third kappa shape index (κ3) is 3.24. The van der Waals surface area contributed by atoms with Gasteiger partial charge in [-0.15, -0.1) is 5.10 Å². The summed E-state index contributed by atoms with van der Waals surface area (Å²) in [5.74, 6) is -0.466. The number of likely N-dealkylation sites (tertiary alicyclic amines) is 1. The van der Waals surface area contributed by atoms with Crippen LogP contribution in [0, 0.1) is 12.7 Å². The third-order valence-corrected chi connectivity index (χ3v) is 4.31. The zero-order valence-electron chi connectivity index (χ0n) is 13.1. The van der Waals surface area contributed by atoms with Crippen LogP contribution in [0.25, 0.3) is 0 Å². The van der Waals surface area contributed by atoms with E-state index in [2.05, 4.69) is 10.3 Å². The fraction of sp³-hybridized carbons (Fsp3) is 0.438. The number of amides is 1. The summed E-state index contributed by atoms with van der Waals surface area (Å²) < 4.78 is 15.5. The zero-order chi connectivity index (χ0) is 16.4. The molecule has 1 aromatic carbocycles. The molecule has 1 aliphatic rings. The van der Waals surface area contributed by atoms with Gasteiger partial charge >= 0.3 is 0 Å². The fourth-order valence-electron chi connectivity index (χ4n) is 2.83. The molecular formula is C16H20FN5O. The second kappa shape index (κ2) is 6.45. The standard InChI is InChI=1S/C16H20FN5O/c1-11-2-3-12(8-15(11)17)16(23)21-6-4-14(5-7-21)22-10-13(9-18)19-20-22/h2-3,8,10,14H,4-7,9,18H2,1H3. The van der Waals surface area contributed by atoms with Gasteiger partial charge in [-0.2, -0.15) is 0 Å². The summed E-state index contributed by atoms with van der Waals surface area (Å²) in [6.45, 7) is 3.30. The number of hydrogen-bond acceptors (Lipinski definition) is 4. The van der Waals surface area contributed by atoms with Gasteiger partial charge in [0.05, 0.1) is 17.9 Å². The molecule has 0 spiro atoms. The van der Waals surface area contributed by atoms with Crippen LogP contribution in [0.1, 0.15) is 40.5 Å². The maximum absolute atomic E-state index is 13.6. The van der Waals surface area contributed by atoms with Crippen LogP contribution in [0.3, 0.4) is 0 Å². The average molecular weight is 317 g/mol. The van der Waals surface area contributed by atoms with Crippen molar-refractivity contribution in [1.82, 2.24) is 19.9 Å². The molecule has 1 saturated heterocycles. The molecule has 1 amide bonds. The number of rotatable bonds is 3. The summed E-state index contributed by atoms with van der Waals surface area (Å²) in [6, 6.07) is 4.85. The molecule has 1 fully saturated rings. The number of nitrogens with two attached hydrogens (primary N) is 1. The molecule has 0 bridgehead atoms. The Morgan fingerprint density at radius 2 is 2.13 bits per heavy atom. The lowest BCUT2D eigenvalue weighted by molar-refractivity contribution is 0.0688. The largest absolute Gasteiger partial charge is 0.338 e.